The van der Waals surface area contributed by atoms with Gasteiger partial charge in [-0.25, -0.2) is 4.98 Å². The average molecular weight is 298 g/mol. The first kappa shape index (κ1) is 14.5. The molecule has 1 atom stereocenters. The Kier molecular flexibility index (Phi) is 4.02. The fourth-order valence-electron chi connectivity index (χ4n) is 2.82. The smallest absolute Gasteiger partial charge is 0.287 e. The van der Waals surface area contributed by atoms with Crippen LogP contribution in [0.25, 0.3) is 0 Å². The lowest BCUT2D eigenvalue weighted by atomic mass is 9.94. The highest BCUT2D eigenvalue weighted by molar-refractivity contribution is 5.48. The molecule has 22 heavy (non-hydrogen) atoms. The zero-order chi connectivity index (χ0) is 15.5. The van der Waals surface area contributed by atoms with E-state index in [1.165, 1.54) is 23.4 Å². The summed E-state index contributed by atoms with van der Waals surface area (Å²) in [4.78, 5) is 14.5. The average Bonchev–Trinajstić information content (AvgIpc) is 2.53. The number of fused-ring (bicyclic) bond motifs is 1. The second-order valence-electron chi connectivity index (χ2n) is 5.45. The SMILES string of the molecule is Cc1cc([N+](=O)[O-])cnc1NCC1NCCc2ccccc21. The Hall–Kier alpha value is -2.47. The van der Waals surface area contributed by atoms with Crippen LogP contribution in [0.5, 0.6) is 0 Å². The van der Waals surface area contributed by atoms with Gasteiger partial charge in [0.2, 0.25) is 0 Å². The van der Waals surface area contributed by atoms with E-state index in [0.29, 0.717) is 12.4 Å². The predicted octanol–water partition coefficient (Wildman–Crippen LogP) is 2.60. The van der Waals surface area contributed by atoms with Crippen LogP contribution in [0.3, 0.4) is 0 Å². The number of anilines is 1. The minimum absolute atomic E-state index is 0.0178. The number of hydrogen-bond donors (Lipinski definition) is 2. The number of nitro groups is 1. The van der Waals surface area contributed by atoms with Gasteiger partial charge in [-0.3, -0.25) is 10.1 Å². The Morgan fingerprint density at radius 3 is 3.05 bits per heavy atom. The van der Waals surface area contributed by atoms with Crippen molar-refractivity contribution in [2.75, 3.05) is 18.4 Å². The molecule has 0 bridgehead atoms. The predicted molar refractivity (Wildman–Crippen MR) is 85.0 cm³/mol. The fraction of sp³-hybridized carbons (Fsp3) is 0.312. The van der Waals surface area contributed by atoms with Gasteiger partial charge in [-0.1, -0.05) is 24.3 Å². The fourth-order valence-corrected chi connectivity index (χ4v) is 2.82. The van der Waals surface area contributed by atoms with Crippen LogP contribution in [0.2, 0.25) is 0 Å². The zero-order valence-corrected chi connectivity index (χ0v) is 12.4. The number of nitrogens with zero attached hydrogens (tertiary/aromatic N) is 2. The monoisotopic (exact) mass is 298 g/mol. The second kappa shape index (κ2) is 6.11. The summed E-state index contributed by atoms with van der Waals surface area (Å²) in [7, 11) is 0. The van der Waals surface area contributed by atoms with Crippen molar-refractivity contribution in [3.8, 4) is 0 Å². The molecule has 0 aliphatic carbocycles. The number of rotatable bonds is 4. The van der Waals surface area contributed by atoms with E-state index >= 15 is 0 Å². The van der Waals surface area contributed by atoms with Gasteiger partial charge in [0.15, 0.2) is 0 Å². The number of aryl methyl sites for hydroxylation is 1. The van der Waals surface area contributed by atoms with Crippen LogP contribution in [0.4, 0.5) is 11.5 Å². The lowest BCUT2D eigenvalue weighted by Crippen LogP contribution is -2.34. The summed E-state index contributed by atoms with van der Waals surface area (Å²) < 4.78 is 0. The van der Waals surface area contributed by atoms with E-state index < -0.39 is 4.92 Å². The molecule has 2 N–H and O–H groups in total. The van der Waals surface area contributed by atoms with E-state index in [-0.39, 0.29) is 11.7 Å². The maximum Gasteiger partial charge on any atom is 0.287 e. The Morgan fingerprint density at radius 1 is 1.45 bits per heavy atom. The molecule has 6 heteroatoms. The normalized spacial score (nSPS) is 16.9. The summed E-state index contributed by atoms with van der Waals surface area (Å²) in [6.45, 7) is 3.48. The highest BCUT2D eigenvalue weighted by Crippen LogP contribution is 2.24. The minimum Gasteiger partial charge on any atom is -0.368 e. The molecule has 0 saturated carbocycles. The van der Waals surface area contributed by atoms with Crippen LogP contribution in [0.1, 0.15) is 22.7 Å². The maximum absolute atomic E-state index is 10.7. The zero-order valence-electron chi connectivity index (χ0n) is 12.4. The van der Waals surface area contributed by atoms with Crippen LogP contribution < -0.4 is 10.6 Å². The summed E-state index contributed by atoms with van der Waals surface area (Å²) in [5, 5.41) is 17.5. The van der Waals surface area contributed by atoms with Gasteiger partial charge in [0.25, 0.3) is 5.69 Å². The van der Waals surface area contributed by atoms with Gasteiger partial charge < -0.3 is 10.6 Å². The van der Waals surface area contributed by atoms with Gasteiger partial charge in [0.05, 0.1) is 4.92 Å². The number of hydrogen-bond acceptors (Lipinski definition) is 5. The first-order valence-corrected chi connectivity index (χ1v) is 7.31. The van der Waals surface area contributed by atoms with Crippen LogP contribution >= 0.6 is 0 Å². The van der Waals surface area contributed by atoms with Crippen LogP contribution in [-0.4, -0.2) is 23.0 Å². The van der Waals surface area contributed by atoms with Crippen molar-refractivity contribution >= 4 is 11.5 Å². The number of nitrogens with one attached hydrogen (secondary N) is 2. The standard InChI is InChI=1S/C16H18N4O2/c1-11-8-13(20(21)22)9-18-16(11)19-10-15-14-5-3-2-4-12(14)6-7-17-15/h2-5,8-9,15,17H,6-7,10H2,1H3,(H,18,19). The quantitative estimate of drug-likeness (QED) is 0.670. The Morgan fingerprint density at radius 2 is 2.27 bits per heavy atom. The van der Waals surface area contributed by atoms with E-state index in [0.717, 1.165) is 18.5 Å². The highest BCUT2D eigenvalue weighted by atomic mass is 16.6. The highest BCUT2D eigenvalue weighted by Gasteiger charge is 2.19. The number of aromatic nitrogens is 1. The largest absolute Gasteiger partial charge is 0.368 e. The molecule has 2 heterocycles. The van der Waals surface area contributed by atoms with Crippen molar-refractivity contribution < 1.29 is 4.92 Å². The number of pyridine rings is 1. The van der Waals surface area contributed by atoms with Crippen LogP contribution in [-0.2, 0) is 6.42 Å². The molecule has 0 spiro atoms. The van der Waals surface area contributed by atoms with Crippen molar-refractivity contribution in [1.82, 2.24) is 10.3 Å². The lowest BCUT2D eigenvalue weighted by Gasteiger charge is -2.27. The van der Waals surface area contributed by atoms with Gasteiger partial charge in [0, 0.05) is 18.7 Å². The lowest BCUT2D eigenvalue weighted by molar-refractivity contribution is -0.385. The number of benzene rings is 1. The second-order valence-corrected chi connectivity index (χ2v) is 5.45. The van der Waals surface area contributed by atoms with Gasteiger partial charge in [-0.15, -0.1) is 0 Å². The summed E-state index contributed by atoms with van der Waals surface area (Å²) >= 11 is 0. The van der Waals surface area contributed by atoms with E-state index in [1.807, 2.05) is 13.0 Å². The van der Waals surface area contributed by atoms with Crippen LogP contribution in [0.15, 0.2) is 36.5 Å². The van der Waals surface area contributed by atoms with E-state index in [1.54, 1.807) is 0 Å². The van der Waals surface area contributed by atoms with Crippen molar-refractivity contribution in [1.29, 1.82) is 0 Å². The molecular formula is C16H18N4O2. The molecule has 1 unspecified atom stereocenters. The Balaban J connectivity index is 1.72. The Bertz CT molecular complexity index is 702. The molecule has 3 rings (SSSR count). The Labute approximate surface area is 128 Å². The molecule has 0 fully saturated rings. The molecule has 0 saturated heterocycles. The van der Waals surface area contributed by atoms with Crippen molar-refractivity contribution in [3.05, 3.63) is 63.3 Å². The molecule has 1 aliphatic rings. The van der Waals surface area contributed by atoms with Crippen molar-refractivity contribution in [3.63, 3.8) is 0 Å². The van der Waals surface area contributed by atoms with E-state index in [9.17, 15) is 10.1 Å². The summed E-state index contributed by atoms with van der Waals surface area (Å²) in [6, 6.07) is 10.2. The topological polar surface area (TPSA) is 80.1 Å². The first-order chi connectivity index (χ1) is 10.6. The molecule has 6 nitrogen and oxygen atoms in total. The van der Waals surface area contributed by atoms with Gasteiger partial charge in [-0.05, 0) is 36.6 Å². The molecule has 1 aliphatic heterocycles. The molecule has 1 aromatic heterocycles. The van der Waals surface area contributed by atoms with E-state index in [2.05, 4.69) is 33.8 Å². The molecule has 0 amide bonds. The van der Waals surface area contributed by atoms with Crippen molar-refractivity contribution in [2.24, 2.45) is 0 Å². The van der Waals surface area contributed by atoms with Gasteiger partial charge in [-0.2, -0.15) is 0 Å². The minimum atomic E-state index is -0.428. The molecule has 2 aromatic rings. The molecule has 114 valence electrons. The van der Waals surface area contributed by atoms with Gasteiger partial charge in [0.1, 0.15) is 12.0 Å². The van der Waals surface area contributed by atoms with Crippen LogP contribution in [0, 0.1) is 17.0 Å². The third-order valence-electron chi connectivity index (χ3n) is 3.96. The molecular weight excluding hydrogens is 280 g/mol. The van der Waals surface area contributed by atoms with Gasteiger partial charge >= 0.3 is 0 Å². The third kappa shape index (κ3) is 2.92. The summed E-state index contributed by atoms with van der Waals surface area (Å²) in [5.41, 5.74) is 3.48. The first-order valence-electron chi connectivity index (χ1n) is 7.31. The van der Waals surface area contributed by atoms with Crippen molar-refractivity contribution in [2.45, 2.75) is 19.4 Å². The van der Waals surface area contributed by atoms with E-state index in [4.69, 9.17) is 0 Å². The summed E-state index contributed by atoms with van der Waals surface area (Å²) in [5.74, 6) is 0.690. The molecule has 1 aromatic carbocycles. The summed E-state index contributed by atoms with van der Waals surface area (Å²) in [6.07, 6.45) is 2.33. The maximum atomic E-state index is 10.7. The molecule has 0 radical (unpaired) electrons. The third-order valence-corrected chi connectivity index (χ3v) is 3.96.